The standard InChI is InChI=1S/C18H18N4O4S/c23-18(20-11-13-3-1-6-19-10-13)15-9-16(17-4-2-7-26-17)22(21-15)14-5-8-27(24,25)12-14/h1-4,6-7,9-10,14H,5,8,11-12H2,(H,20,23). The average molecular weight is 386 g/mol. The fraction of sp³-hybridized carbons (Fsp3) is 0.278. The highest BCUT2D eigenvalue weighted by atomic mass is 32.2. The molecule has 8 nitrogen and oxygen atoms in total. The molecule has 3 aromatic heterocycles. The van der Waals surface area contributed by atoms with Crippen LogP contribution >= 0.6 is 0 Å². The molecule has 0 aromatic carbocycles. The summed E-state index contributed by atoms with van der Waals surface area (Å²) in [5, 5.41) is 7.19. The van der Waals surface area contributed by atoms with Crippen LogP contribution in [0.3, 0.4) is 0 Å². The van der Waals surface area contributed by atoms with Gasteiger partial charge in [0.2, 0.25) is 0 Å². The van der Waals surface area contributed by atoms with Crippen molar-refractivity contribution in [2.45, 2.75) is 19.0 Å². The number of amides is 1. The van der Waals surface area contributed by atoms with Gasteiger partial charge in [-0.2, -0.15) is 5.10 Å². The van der Waals surface area contributed by atoms with Gasteiger partial charge in [0, 0.05) is 25.0 Å². The molecular formula is C18H18N4O4S. The van der Waals surface area contributed by atoms with E-state index in [1.807, 2.05) is 6.07 Å². The largest absolute Gasteiger partial charge is 0.463 e. The molecule has 1 aliphatic rings. The molecule has 0 spiro atoms. The predicted octanol–water partition coefficient (Wildman–Crippen LogP) is 1.83. The minimum absolute atomic E-state index is 0.0130. The van der Waals surface area contributed by atoms with Crippen molar-refractivity contribution in [2.75, 3.05) is 11.5 Å². The molecule has 140 valence electrons. The van der Waals surface area contributed by atoms with Crippen molar-refractivity contribution in [3.63, 3.8) is 0 Å². The summed E-state index contributed by atoms with van der Waals surface area (Å²) in [5.74, 6) is 0.334. The summed E-state index contributed by atoms with van der Waals surface area (Å²) in [6, 6.07) is 8.47. The van der Waals surface area contributed by atoms with Crippen LogP contribution in [0.2, 0.25) is 0 Å². The minimum Gasteiger partial charge on any atom is -0.463 e. The molecular weight excluding hydrogens is 368 g/mol. The smallest absolute Gasteiger partial charge is 0.272 e. The van der Waals surface area contributed by atoms with Crippen LogP contribution in [-0.2, 0) is 16.4 Å². The zero-order valence-electron chi connectivity index (χ0n) is 14.4. The third kappa shape index (κ3) is 3.77. The van der Waals surface area contributed by atoms with Gasteiger partial charge < -0.3 is 9.73 Å². The van der Waals surface area contributed by atoms with Crippen LogP contribution in [0.1, 0.15) is 28.5 Å². The first-order chi connectivity index (χ1) is 13.0. The molecule has 0 radical (unpaired) electrons. The Morgan fingerprint density at radius 2 is 2.22 bits per heavy atom. The van der Waals surface area contributed by atoms with Gasteiger partial charge in [-0.15, -0.1) is 0 Å². The van der Waals surface area contributed by atoms with Gasteiger partial charge in [0.15, 0.2) is 21.3 Å². The summed E-state index contributed by atoms with van der Waals surface area (Å²) in [7, 11) is -3.09. The van der Waals surface area contributed by atoms with E-state index in [0.29, 0.717) is 24.4 Å². The Hall–Kier alpha value is -2.94. The van der Waals surface area contributed by atoms with Crippen LogP contribution in [0, 0.1) is 0 Å². The summed E-state index contributed by atoms with van der Waals surface area (Å²) < 4.78 is 30.8. The van der Waals surface area contributed by atoms with Crippen molar-refractivity contribution in [2.24, 2.45) is 0 Å². The number of nitrogens with one attached hydrogen (secondary N) is 1. The van der Waals surface area contributed by atoms with Gasteiger partial charge >= 0.3 is 0 Å². The van der Waals surface area contributed by atoms with Gasteiger partial charge in [0.1, 0.15) is 5.69 Å². The fourth-order valence-corrected chi connectivity index (χ4v) is 4.83. The first-order valence-corrected chi connectivity index (χ1v) is 10.3. The number of hydrogen-bond donors (Lipinski definition) is 1. The van der Waals surface area contributed by atoms with Crippen molar-refractivity contribution in [3.05, 3.63) is 60.2 Å². The molecule has 4 heterocycles. The SMILES string of the molecule is O=C(NCc1cccnc1)c1cc(-c2ccco2)n(C2CCS(=O)(=O)C2)n1. The van der Waals surface area contributed by atoms with E-state index in [1.54, 1.807) is 41.3 Å². The van der Waals surface area contributed by atoms with E-state index in [2.05, 4.69) is 15.4 Å². The summed E-state index contributed by atoms with van der Waals surface area (Å²) in [6.45, 7) is 0.327. The highest BCUT2D eigenvalue weighted by Gasteiger charge is 2.32. The van der Waals surface area contributed by atoms with Crippen molar-refractivity contribution in [3.8, 4) is 11.5 Å². The molecule has 3 aromatic rings. The number of carbonyl (C=O) groups is 1. The molecule has 1 saturated heterocycles. The number of carbonyl (C=O) groups excluding carboxylic acids is 1. The summed E-state index contributed by atoms with van der Waals surface area (Å²) in [5.41, 5.74) is 1.68. The van der Waals surface area contributed by atoms with Gasteiger partial charge in [-0.1, -0.05) is 6.07 Å². The molecule has 9 heteroatoms. The zero-order valence-corrected chi connectivity index (χ0v) is 15.2. The van der Waals surface area contributed by atoms with Gasteiger partial charge in [0.05, 0.1) is 23.8 Å². The van der Waals surface area contributed by atoms with E-state index in [1.165, 1.54) is 6.26 Å². The Kier molecular flexibility index (Phi) is 4.53. The monoisotopic (exact) mass is 386 g/mol. The summed E-state index contributed by atoms with van der Waals surface area (Å²) >= 11 is 0. The minimum atomic E-state index is -3.09. The maximum Gasteiger partial charge on any atom is 0.272 e. The third-order valence-corrected chi connectivity index (χ3v) is 6.22. The van der Waals surface area contributed by atoms with Crippen LogP contribution in [0.4, 0.5) is 0 Å². The van der Waals surface area contributed by atoms with Crippen LogP contribution in [-0.4, -0.2) is 40.6 Å². The zero-order chi connectivity index (χ0) is 18.9. The summed E-state index contributed by atoms with van der Waals surface area (Å²) in [4.78, 5) is 16.6. The highest BCUT2D eigenvalue weighted by molar-refractivity contribution is 7.91. The maximum absolute atomic E-state index is 12.5. The van der Waals surface area contributed by atoms with Crippen molar-refractivity contribution in [1.82, 2.24) is 20.1 Å². The van der Waals surface area contributed by atoms with E-state index in [0.717, 1.165) is 5.56 Å². The van der Waals surface area contributed by atoms with Crippen molar-refractivity contribution < 1.29 is 17.6 Å². The molecule has 1 N–H and O–H groups in total. The molecule has 1 fully saturated rings. The van der Waals surface area contributed by atoms with Crippen LogP contribution < -0.4 is 5.32 Å². The average Bonchev–Trinajstić information content (AvgIpc) is 3.39. The first kappa shape index (κ1) is 17.5. The number of furan rings is 1. The van der Waals surface area contributed by atoms with Crippen LogP contribution in [0.25, 0.3) is 11.5 Å². The molecule has 1 unspecified atom stereocenters. The predicted molar refractivity (Wildman–Crippen MR) is 97.6 cm³/mol. The van der Waals surface area contributed by atoms with E-state index >= 15 is 0 Å². The molecule has 1 atom stereocenters. The molecule has 4 rings (SSSR count). The van der Waals surface area contributed by atoms with E-state index in [9.17, 15) is 13.2 Å². The number of aromatic nitrogens is 3. The molecule has 0 bridgehead atoms. The van der Waals surface area contributed by atoms with Gasteiger partial charge in [-0.25, -0.2) is 8.42 Å². The number of rotatable bonds is 5. The van der Waals surface area contributed by atoms with Crippen molar-refractivity contribution >= 4 is 15.7 Å². The van der Waals surface area contributed by atoms with E-state index < -0.39 is 9.84 Å². The van der Waals surface area contributed by atoms with E-state index in [4.69, 9.17) is 4.42 Å². The lowest BCUT2D eigenvalue weighted by atomic mass is 10.2. The Balaban J connectivity index is 1.60. The topological polar surface area (TPSA) is 107 Å². The second-order valence-electron chi connectivity index (χ2n) is 6.44. The number of nitrogens with zero attached hydrogens (tertiary/aromatic N) is 3. The molecule has 27 heavy (non-hydrogen) atoms. The second-order valence-corrected chi connectivity index (χ2v) is 8.67. The van der Waals surface area contributed by atoms with Crippen LogP contribution in [0.5, 0.6) is 0 Å². The second kappa shape index (κ2) is 6.99. The third-order valence-electron chi connectivity index (χ3n) is 4.47. The first-order valence-electron chi connectivity index (χ1n) is 8.53. The highest BCUT2D eigenvalue weighted by Crippen LogP contribution is 2.30. The van der Waals surface area contributed by atoms with Crippen molar-refractivity contribution in [1.29, 1.82) is 0 Å². The maximum atomic E-state index is 12.5. The van der Waals surface area contributed by atoms with Gasteiger partial charge in [-0.05, 0) is 30.2 Å². The Morgan fingerprint density at radius 3 is 2.89 bits per heavy atom. The molecule has 0 saturated carbocycles. The molecule has 1 aliphatic heterocycles. The van der Waals surface area contributed by atoms with Gasteiger partial charge in [0.25, 0.3) is 5.91 Å². The Labute approximate surface area is 156 Å². The van der Waals surface area contributed by atoms with E-state index in [-0.39, 0.29) is 29.1 Å². The number of sulfone groups is 1. The summed E-state index contributed by atoms with van der Waals surface area (Å²) in [6.07, 6.45) is 5.34. The fourth-order valence-electron chi connectivity index (χ4n) is 3.14. The lowest BCUT2D eigenvalue weighted by Gasteiger charge is -2.11. The molecule has 0 aliphatic carbocycles. The normalized spacial score (nSPS) is 18.4. The Bertz CT molecular complexity index is 1040. The Morgan fingerprint density at radius 1 is 1.33 bits per heavy atom. The van der Waals surface area contributed by atoms with Gasteiger partial charge in [-0.3, -0.25) is 14.5 Å². The van der Waals surface area contributed by atoms with Crippen LogP contribution in [0.15, 0.2) is 53.4 Å². The quantitative estimate of drug-likeness (QED) is 0.717. The number of hydrogen-bond acceptors (Lipinski definition) is 6. The number of pyridine rings is 1. The molecule has 1 amide bonds. The lowest BCUT2D eigenvalue weighted by Crippen LogP contribution is -2.24. The lowest BCUT2D eigenvalue weighted by molar-refractivity contribution is 0.0945.